The van der Waals surface area contributed by atoms with Crippen LogP contribution in [0.5, 0.6) is 0 Å². The van der Waals surface area contributed by atoms with Crippen LogP contribution in [0.2, 0.25) is 0 Å². The topological polar surface area (TPSA) is 32.3 Å². The van der Waals surface area contributed by atoms with Crippen molar-refractivity contribution < 1.29 is 4.79 Å². The minimum absolute atomic E-state index is 0.109. The summed E-state index contributed by atoms with van der Waals surface area (Å²) in [5.74, 6) is 0.357. The van der Waals surface area contributed by atoms with E-state index in [0.29, 0.717) is 0 Å². The molecule has 1 aliphatic heterocycles. The van der Waals surface area contributed by atoms with E-state index in [4.69, 9.17) is 0 Å². The maximum absolute atomic E-state index is 12.9. The van der Waals surface area contributed by atoms with Crippen molar-refractivity contribution in [3.05, 3.63) is 70.3 Å². The van der Waals surface area contributed by atoms with Crippen LogP contribution in [-0.4, -0.2) is 23.9 Å². The van der Waals surface area contributed by atoms with Crippen LogP contribution in [0.1, 0.15) is 60.0 Å². The van der Waals surface area contributed by atoms with Crippen LogP contribution in [0, 0.1) is 26.7 Å². The van der Waals surface area contributed by atoms with Gasteiger partial charge in [-0.1, -0.05) is 55.0 Å². The molecule has 1 heterocycles. The lowest BCUT2D eigenvalue weighted by molar-refractivity contribution is -0.127. The zero-order valence-electron chi connectivity index (χ0n) is 17.8. The van der Waals surface area contributed by atoms with Crippen molar-refractivity contribution in [2.45, 2.75) is 59.5 Å². The highest BCUT2D eigenvalue weighted by Gasteiger charge is 2.27. The minimum atomic E-state index is 0.109. The predicted molar refractivity (Wildman–Crippen MR) is 116 cm³/mol. The van der Waals surface area contributed by atoms with E-state index in [1.807, 2.05) is 0 Å². The second-order valence-corrected chi connectivity index (χ2v) is 8.31. The van der Waals surface area contributed by atoms with Crippen molar-refractivity contribution in [1.82, 2.24) is 10.2 Å². The summed E-state index contributed by atoms with van der Waals surface area (Å²) in [5.41, 5.74) is 6.52. The summed E-state index contributed by atoms with van der Waals surface area (Å²) in [5, 5.41) is 3.33. The molecular weight excluding hydrogens is 344 g/mol. The number of likely N-dealkylation sites (tertiary alicyclic amines) is 1. The number of nitrogens with zero attached hydrogens (tertiary/aromatic N) is 1. The monoisotopic (exact) mass is 378 g/mol. The van der Waals surface area contributed by atoms with E-state index >= 15 is 0 Å². The van der Waals surface area contributed by atoms with Crippen LogP contribution < -0.4 is 5.32 Å². The van der Waals surface area contributed by atoms with Crippen molar-refractivity contribution in [3.8, 4) is 0 Å². The molecule has 0 unspecified atom stereocenters. The molecule has 0 bridgehead atoms. The number of carbonyl (C=O) groups is 1. The van der Waals surface area contributed by atoms with Gasteiger partial charge in [0.2, 0.25) is 5.91 Å². The average Bonchev–Trinajstić information content (AvgIpc) is 2.69. The number of piperidine rings is 1. The van der Waals surface area contributed by atoms with E-state index in [1.165, 1.54) is 27.8 Å². The molecule has 2 aromatic rings. The van der Waals surface area contributed by atoms with Crippen LogP contribution in [-0.2, 0) is 11.3 Å². The van der Waals surface area contributed by atoms with Gasteiger partial charge in [-0.2, -0.15) is 0 Å². The molecule has 0 aliphatic carbocycles. The number of benzene rings is 2. The van der Waals surface area contributed by atoms with Crippen molar-refractivity contribution in [1.29, 1.82) is 0 Å². The molecule has 1 aliphatic rings. The number of aryl methyl sites for hydroxylation is 3. The van der Waals surface area contributed by atoms with E-state index < -0.39 is 0 Å². The highest BCUT2D eigenvalue weighted by Crippen LogP contribution is 2.25. The lowest BCUT2D eigenvalue weighted by atomic mass is 9.93. The van der Waals surface area contributed by atoms with Crippen molar-refractivity contribution in [2.75, 3.05) is 13.1 Å². The molecule has 3 rings (SSSR count). The Labute approximate surface area is 170 Å². The fourth-order valence-corrected chi connectivity index (χ4v) is 4.29. The Kier molecular flexibility index (Phi) is 6.90. The first-order chi connectivity index (χ1) is 13.5. The molecule has 1 amide bonds. The van der Waals surface area contributed by atoms with Crippen LogP contribution >= 0.6 is 0 Å². The lowest BCUT2D eigenvalue weighted by Gasteiger charge is -2.32. The Morgan fingerprint density at radius 3 is 2.43 bits per heavy atom. The highest BCUT2D eigenvalue weighted by molar-refractivity contribution is 5.79. The quantitative estimate of drug-likeness (QED) is 0.759. The number of hydrogen-bond donors (Lipinski definition) is 1. The summed E-state index contributed by atoms with van der Waals surface area (Å²) in [7, 11) is 0. The normalized spacial score (nSPS) is 16.7. The molecule has 0 saturated carbocycles. The van der Waals surface area contributed by atoms with E-state index in [-0.39, 0.29) is 17.9 Å². The van der Waals surface area contributed by atoms with Gasteiger partial charge in [-0.15, -0.1) is 0 Å². The van der Waals surface area contributed by atoms with Crippen LogP contribution in [0.3, 0.4) is 0 Å². The first-order valence-corrected chi connectivity index (χ1v) is 10.6. The first-order valence-electron chi connectivity index (χ1n) is 10.6. The Bertz CT molecular complexity index is 806. The third kappa shape index (κ3) is 5.02. The van der Waals surface area contributed by atoms with E-state index in [0.717, 1.165) is 38.9 Å². The second kappa shape index (κ2) is 9.38. The van der Waals surface area contributed by atoms with Crippen LogP contribution in [0.25, 0.3) is 0 Å². The number of nitrogens with one attached hydrogen (secondary N) is 1. The minimum Gasteiger partial charge on any atom is -0.349 e. The maximum atomic E-state index is 12.9. The Morgan fingerprint density at radius 1 is 1.07 bits per heavy atom. The first kappa shape index (κ1) is 20.6. The molecule has 150 valence electrons. The number of hydrogen-bond acceptors (Lipinski definition) is 2. The molecule has 28 heavy (non-hydrogen) atoms. The summed E-state index contributed by atoms with van der Waals surface area (Å²) in [4.78, 5) is 15.4. The summed E-state index contributed by atoms with van der Waals surface area (Å²) in [6, 6.07) is 15.2. The van der Waals surface area contributed by atoms with Crippen LogP contribution in [0.15, 0.2) is 42.5 Å². The fourth-order valence-electron chi connectivity index (χ4n) is 4.29. The summed E-state index contributed by atoms with van der Waals surface area (Å²) >= 11 is 0. The molecule has 3 heteroatoms. The number of carbonyl (C=O) groups excluding carboxylic acids is 1. The van der Waals surface area contributed by atoms with E-state index in [9.17, 15) is 4.79 Å². The standard InChI is InChI=1S/C25H34N2O/c1-5-24(23-11-10-18(2)16-20(23)4)26-25(28)21-12-14-27(15-13-21)17-22-9-7-6-8-19(22)3/h6-11,16,21,24H,5,12-15,17H2,1-4H3,(H,26,28)/t24-/m1/s1. The molecule has 1 N–H and O–H groups in total. The van der Waals surface area contributed by atoms with E-state index in [1.54, 1.807) is 0 Å². The maximum Gasteiger partial charge on any atom is 0.223 e. The zero-order valence-corrected chi connectivity index (χ0v) is 17.8. The summed E-state index contributed by atoms with van der Waals surface area (Å²) < 4.78 is 0. The largest absolute Gasteiger partial charge is 0.349 e. The van der Waals surface area contributed by atoms with Crippen molar-refractivity contribution in [3.63, 3.8) is 0 Å². The van der Waals surface area contributed by atoms with Gasteiger partial charge < -0.3 is 5.32 Å². The molecule has 3 nitrogen and oxygen atoms in total. The molecule has 1 fully saturated rings. The Hall–Kier alpha value is -2.13. The molecule has 1 saturated heterocycles. The van der Waals surface area contributed by atoms with Gasteiger partial charge in [0, 0.05) is 12.5 Å². The second-order valence-electron chi connectivity index (χ2n) is 8.31. The van der Waals surface area contributed by atoms with Gasteiger partial charge in [-0.05, 0) is 75.4 Å². The smallest absolute Gasteiger partial charge is 0.223 e. The highest BCUT2D eigenvalue weighted by atomic mass is 16.1. The van der Waals surface area contributed by atoms with E-state index in [2.05, 4.69) is 80.4 Å². The SMILES string of the molecule is CC[C@@H](NC(=O)C1CCN(Cc2ccccc2C)CC1)c1ccc(C)cc1C. The van der Waals surface area contributed by atoms with Gasteiger partial charge in [0.25, 0.3) is 0 Å². The summed E-state index contributed by atoms with van der Waals surface area (Å²) in [6.45, 7) is 11.5. The summed E-state index contributed by atoms with van der Waals surface area (Å²) in [6.07, 6.45) is 2.81. The van der Waals surface area contributed by atoms with Gasteiger partial charge >= 0.3 is 0 Å². The van der Waals surface area contributed by atoms with Gasteiger partial charge in [0.05, 0.1) is 6.04 Å². The predicted octanol–water partition coefficient (Wildman–Crippen LogP) is 5.09. The Balaban J connectivity index is 1.55. The molecular formula is C25H34N2O. The van der Waals surface area contributed by atoms with Gasteiger partial charge in [0.15, 0.2) is 0 Å². The van der Waals surface area contributed by atoms with Gasteiger partial charge in [-0.25, -0.2) is 0 Å². The Morgan fingerprint density at radius 2 is 1.79 bits per heavy atom. The van der Waals surface area contributed by atoms with Gasteiger partial charge in [0.1, 0.15) is 0 Å². The fraction of sp³-hybridized carbons (Fsp3) is 0.480. The molecule has 0 aromatic heterocycles. The molecule has 0 radical (unpaired) electrons. The number of rotatable bonds is 6. The third-order valence-corrected chi connectivity index (χ3v) is 6.14. The lowest BCUT2D eigenvalue weighted by Crippen LogP contribution is -2.41. The third-order valence-electron chi connectivity index (χ3n) is 6.14. The van der Waals surface area contributed by atoms with Gasteiger partial charge in [-0.3, -0.25) is 9.69 Å². The van der Waals surface area contributed by atoms with Crippen molar-refractivity contribution >= 4 is 5.91 Å². The average molecular weight is 379 g/mol. The van der Waals surface area contributed by atoms with Crippen LogP contribution in [0.4, 0.5) is 0 Å². The molecule has 1 atom stereocenters. The zero-order chi connectivity index (χ0) is 20.1. The van der Waals surface area contributed by atoms with Crippen molar-refractivity contribution in [2.24, 2.45) is 5.92 Å². The number of amides is 1. The molecule has 2 aromatic carbocycles. The molecule has 0 spiro atoms.